The lowest BCUT2D eigenvalue weighted by Gasteiger charge is -2.37. The number of rotatable bonds is 2. The molecule has 2 unspecified atom stereocenters. The molecule has 2 heteroatoms. The van der Waals surface area contributed by atoms with Gasteiger partial charge in [0.2, 0.25) is 0 Å². The second kappa shape index (κ2) is 3.38. The van der Waals surface area contributed by atoms with Crippen molar-refractivity contribution in [3.8, 4) is 5.75 Å². The molecule has 0 amide bonds. The van der Waals surface area contributed by atoms with Crippen LogP contribution in [0.4, 0.5) is 0 Å². The van der Waals surface area contributed by atoms with Gasteiger partial charge in [0, 0.05) is 12.0 Å². The van der Waals surface area contributed by atoms with Crippen molar-refractivity contribution in [2.24, 2.45) is 0 Å². The van der Waals surface area contributed by atoms with E-state index >= 15 is 0 Å². The number of likely N-dealkylation sites (N-methyl/N-ethyl adjacent to an activating group) is 1. The fraction of sp³-hybridized carbons (Fsp3) is 0.455. The van der Waals surface area contributed by atoms with Crippen molar-refractivity contribution in [3.63, 3.8) is 0 Å². The molecular weight excluding hydrogens is 162 g/mol. The highest BCUT2D eigenvalue weighted by Crippen LogP contribution is 2.40. The van der Waals surface area contributed by atoms with Crippen molar-refractivity contribution in [2.45, 2.75) is 24.8 Å². The fourth-order valence-electron chi connectivity index (χ4n) is 2.02. The summed E-state index contributed by atoms with van der Waals surface area (Å²) >= 11 is 0. The average molecular weight is 177 g/mol. The maximum atomic E-state index is 9.63. The van der Waals surface area contributed by atoms with E-state index in [4.69, 9.17) is 0 Å². The van der Waals surface area contributed by atoms with Crippen LogP contribution >= 0.6 is 0 Å². The van der Waals surface area contributed by atoms with Gasteiger partial charge in [-0.05, 0) is 31.5 Å². The van der Waals surface area contributed by atoms with Crippen LogP contribution in [0.2, 0.25) is 0 Å². The molecule has 2 nitrogen and oxygen atoms in total. The zero-order valence-electron chi connectivity index (χ0n) is 7.83. The molecule has 13 heavy (non-hydrogen) atoms. The molecule has 1 aliphatic carbocycles. The van der Waals surface area contributed by atoms with Crippen molar-refractivity contribution in [1.29, 1.82) is 0 Å². The highest BCUT2D eigenvalue weighted by molar-refractivity contribution is 5.37. The maximum absolute atomic E-state index is 9.63. The average Bonchev–Trinajstić information content (AvgIpc) is 2.08. The monoisotopic (exact) mass is 177 g/mol. The first-order valence-electron chi connectivity index (χ1n) is 4.78. The molecule has 1 aliphatic rings. The van der Waals surface area contributed by atoms with Gasteiger partial charge in [0.1, 0.15) is 5.75 Å². The van der Waals surface area contributed by atoms with E-state index in [2.05, 4.69) is 5.32 Å². The Morgan fingerprint density at radius 3 is 2.62 bits per heavy atom. The second-order valence-electron chi connectivity index (χ2n) is 3.64. The van der Waals surface area contributed by atoms with E-state index in [-0.39, 0.29) is 0 Å². The Morgan fingerprint density at radius 1 is 1.31 bits per heavy atom. The second-order valence-corrected chi connectivity index (χ2v) is 3.64. The summed E-state index contributed by atoms with van der Waals surface area (Å²) < 4.78 is 0. The van der Waals surface area contributed by atoms with Crippen LogP contribution in [0.3, 0.4) is 0 Å². The topological polar surface area (TPSA) is 32.3 Å². The standard InChI is InChI=1S/C11H15NO/c1-12-10-7-6-8(10)9-4-2-3-5-11(9)13/h2-5,8,10,12-13H,6-7H2,1H3. The van der Waals surface area contributed by atoms with Crippen LogP contribution in [0.5, 0.6) is 5.75 Å². The third-order valence-corrected chi connectivity index (χ3v) is 2.98. The largest absolute Gasteiger partial charge is 0.508 e. The smallest absolute Gasteiger partial charge is 0.119 e. The van der Waals surface area contributed by atoms with E-state index in [0.29, 0.717) is 17.7 Å². The molecule has 0 spiro atoms. The van der Waals surface area contributed by atoms with Crippen molar-refractivity contribution >= 4 is 0 Å². The summed E-state index contributed by atoms with van der Waals surface area (Å²) in [5.74, 6) is 0.943. The fourth-order valence-corrected chi connectivity index (χ4v) is 2.02. The summed E-state index contributed by atoms with van der Waals surface area (Å²) in [7, 11) is 1.98. The first-order chi connectivity index (χ1) is 6.33. The van der Waals surface area contributed by atoms with Gasteiger partial charge >= 0.3 is 0 Å². The first-order valence-corrected chi connectivity index (χ1v) is 4.78. The van der Waals surface area contributed by atoms with Gasteiger partial charge in [-0.3, -0.25) is 0 Å². The van der Waals surface area contributed by atoms with Crippen LogP contribution in [-0.2, 0) is 0 Å². The Hall–Kier alpha value is -1.02. The van der Waals surface area contributed by atoms with Gasteiger partial charge in [0.25, 0.3) is 0 Å². The molecule has 0 bridgehead atoms. The lowest BCUT2D eigenvalue weighted by atomic mass is 9.75. The molecule has 1 fully saturated rings. The van der Waals surface area contributed by atoms with Crippen LogP contribution in [0.1, 0.15) is 24.3 Å². The molecule has 1 aromatic carbocycles. The molecule has 2 N–H and O–H groups in total. The number of benzene rings is 1. The number of nitrogens with one attached hydrogen (secondary N) is 1. The predicted molar refractivity (Wildman–Crippen MR) is 52.9 cm³/mol. The molecule has 1 aromatic rings. The van der Waals surface area contributed by atoms with E-state index in [1.165, 1.54) is 12.8 Å². The molecule has 0 radical (unpaired) electrons. The minimum Gasteiger partial charge on any atom is -0.508 e. The normalized spacial score (nSPS) is 26.8. The quantitative estimate of drug-likeness (QED) is 0.722. The molecule has 2 atom stereocenters. The Kier molecular flexibility index (Phi) is 2.23. The summed E-state index contributed by atoms with van der Waals surface area (Å²) in [6.45, 7) is 0. The number of para-hydroxylation sites is 1. The van der Waals surface area contributed by atoms with Crippen LogP contribution in [0, 0.1) is 0 Å². The Morgan fingerprint density at radius 2 is 2.08 bits per heavy atom. The number of hydrogen-bond acceptors (Lipinski definition) is 2. The number of aromatic hydroxyl groups is 1. The van der Waals surface area contributed by atoms with Crippen molar-refractivity contribution in [3.05, 3.63) is 29.8 Å². The molecule has 0 heterocycles. The highest BCUT2D eigenvalue weighted by Gasteiger charge is 2.31. The molecule has 70 valence electrons. The molecule has 1 saturated carbocycles. The maximum Gasteiger partial charge on any atom is 0.119 e. The molecule has 0 aromatic heterocycles. The molecular formula is C11H15NO. The first kappa shape index (κ1) is 8.57. The SMILES string of the molecule is CNC1CCC1c1ccccc1O. The predicted octanol–water partition coefficient (Wildman–Crippen LogP) is 1.86. The van der Waals surface area contributed by atoms with Gasteiger partial charge in [-0.1, -0.05) is 18.2 Å². The van der Waals surface area contributed by atoms with E-state index in [1.54, 1.807) is 6.07 Å². The van der Waals surface area contributed by atoms with Crippen LogP contribution < -0.4 is 5.32 Å². The Balaban J connectivity index is 2.21. The third-order valence-electron chi connectivity index (χ3n) is 2.98. The molecule has 0 saturated heterocycles. The van der Waals surface area contributed by atoms with E-state index in [9.17, 15) is 5.11 Å². The van der Waals surface area contributed by atoms with Crippen molar-refractivity contribution in [2.75, 3.05) is 7.05 Å². The summed E-state index contributed by atoms with van der Waals surface area (Å²) in [6, 6.07) is 8.18. The molecule has 2 rings (SSSR count). The van der Waals surface area contributed by atoms with Crippen LogP contribution in [-0.4, -0.2) is 18.2 Å². The number of phenolic OH excluding ortho intramolecular Hbond substituents is 1. The van der Waals surface area contributed by atoms with Gasteiger partial charge in [-0.25, -0.2) is 0 Å². The van der Waals surface area contributed by atoms with Gasteiger partial charge in [-0.2, -0.15) is 0 Å². The van der Waals surface area contributed by atoms with Gasteiger partial charge in [0.05, 0.1) is 0 Å². The van der Waals surface area contributed by atoms with E-state index < -0.39 is 0 Å². The third kappa shape index (κ3) is 1.42. The van der Waals surface area contributed by atoms with Crippen LogP contribution in [0.15, 0.2) is 24.3 Å². The van der Waals surface area contributed by atoms with Crippen molar-refractivity contribution < 1.29 is 5.11 Å². The van der Waals surface area contributed by atoms with Gasteiger partial charge < -0.3 is 10.4 Å². The molecule has 0 aliphatic heterocycles. The van der Waals surface area contributed by atoms with Crippen LogP contribution in [0.25, 0.3) is 0 Å². The minimum atomic E-state index is 0.437. The Labute approximate surface area is 78.6 Å². The summed E-state index contributed by atoms with van der Waals surface area (Å²) in [5, 5.41) is 12.9. The van der Waals surface area contributed by atoms with E-state index in [1.807, 2.05) is 25.2 Å². The lowest BCUT2D eigenvalue weighted by Crippen LogP contribution is -2.40. The van der Waals surface area contributed by atoms with Crippen molar-refractivity contribution in [1.82, 2.24) is 5.32 Å². The zero-order chi connectivity index (χ0) is 9.26. The highest BCUT2D eigenvalue weighted by atomic mass is 16.3. The van der Waals surface area contributed by atoms with Gasteiger partial charge in [0.15, 0.2) is 0 Å². The Bertz CT molecular complexity index is 296. The minimum absolute atomic E-state index is 0.437. The summed E-state index contributed by atoms with van der Waals surface area (Å²) in [4.78, 5) is 0. The summed E-state index contributed by atoms with van der Waals surface area (Å²) in [5.41, 5.74) is 1.09. The lowest BCUT2D eigenvalue weighted by molar-refractivity contribution is 0.293. The zero-order valence-corrected chi connectivity index (χ0v) is 7.83. The summed E-state index contributed by atoms with van der Waals surface area (Å²) in [6.07, 6.45) is 2.40. The van der Waals surface area contributed by atoms with Gasteiger partial charge in [-0.15, -0.1) is 0 Å². The van der Waals surface area contributed by atoms with E-state index in [0.717, 1.165) is 5.56 Å². The number of hydrogen-bond donors (Lipinski definition) is 2. The number of phenols is 1.